The minimum Gasteiger partial charge on any atom is -0.469 e. The van der Waals surface area contributed by atoms with E-state index in [1.54, 1.807) is 6.07 Å². The SMILES string of the molecule is COC(=O)C1CCN(c2cc(N)nc(N)n2)C1. The van der Waals surface area contributed by atoms with Gasteiger partial charge in [0.05, 0.1) is 13.0 Å². The molecule has 0 saturated carbocycles. The van der Waals surface area contributed by atoms with Crippen LogP contribution >= 0.6 is 0 Å². The van der Waals surface area contributed by atoms with Crippen molar-refractivity contribution in [2.75, 3.05) is 36.6 Å². The number of methoxy groups -OCH3 is 1. The van der Waals surface area contributed by atoms with Crippen LogP contribution < -0.4 is 16.4 Å². The molecule has 7 heteroatoms. The summed E-state index contributed by atoms with van der Waals surface area (Å²) in [5.41, 5.74) is 11.1. The van der Waals surface area contributed by atoms with Gasteiger partial charge in [0.2, 0.25) is 5.95 Å². The molecule has 1 aliphatic heterocycles. The second-order valence-corrected chi connectivity index (χ2v) is 3.96. The van der Waals surface area contributed by atoms with Crippen molar-refractivity contribution in [3.8, 4) is 0 Å². The number of carbonyl (C=O) groups excluding carboxylic acids is 1. The number of nitrogens with two attached hydrogens (primary N) is 2. The Bertz CT molecular complexity index is 416. The normalized spacial score (nSPS) is 19.4. The van der Waals surface area contributed by atoms with Gasteiger partial charge in [-0.05, 0) is 6.42 Å². The average molecular weight is 237 g/mol. The van der Waals surface area contributed by atoms with Gasteiger partial charge < -0.3 is 21.1 Å². The van der Waals surface area contributed by atoms with E-state index >= 15 is 0 Å². The van der Waals surface area contributed by atoms with Crippen LogP contribution in [0.3, 0.4) is 0 Å². The molecule has 1 atom stereocenters. The highest BCUT2D eigenvalue weighted by Crippen LogP contribution is 2.24. The number of rotatable bonds is 2. The zero-order valence-corrected chi connectivity index (χ0v) is 9.59. The lowest BCUT2D eigenvalue weighted by atomic mass is 10.1. The summed E-state index contributed by atoms with van der Waals surface area (Å²) in [7, 11) is 1.39. The summed E-state index contributed by atoms with van der Waals surface area (Å²) in [5.74, 6) is 0.817. The van der Waals surface area contributed by atoms with Crippen molar-refractivity contribution in [3.63, 3.8) is 0 Å². The summed E-state index contributed by atoms with van der Waals surface area (Å²) in [5, 5.41) is 0. The van der Waals surface area contributed by atoms with Gasteiger partial charge in [0.25, 0.3) is 0 Å². The third kappa shape index (κ3) is 2.38. The zero-order valence-electron chi connectivity index (χ0n) is 9.59. The number of ether oxygens (including phenoxy) is 1. The van der Waals surface area contributed by atoms with Crippen LogP contribution in [0.4, 0.5) is 17.6 Å². The van der Waals surface area contributed by atoms with Crippen molar-refractivity contribution in [1.29, 1.82) is 0 Å². The highest BCUT2D eigenvalue weighted by atomic mass is 16.5. The van der Waals surface area contributed by atoms with Crippen LogP contribution in [-0.2, 0) is 9.53 Å². The van der Waals surface area contributed by atoms with E-state index < -0.39 is 0 Å². The molecule has 0 aromatic carbocycles. The molecule has 0 spiro atoms. The Morgan fingerprint density at radius 1 is 1.53 bits per heavy atom. The van der Waals surface area contributed by atoms with Crippen molar-refractivity contribution in [3.05, 3.63) is 6.07 Å². The van der Waals surface area contributed by atoms with E-state index in [0.717, 1.165) is 13.0 Å². The summed E-state index contributed by atoms with van der Waals surface area (Å²) >= 11 is 0. The molecule has 1 aliphatic rings. The molecule has 1 fully saturated rings. The zero-order chi connectivity index (χ0) is 12.4. The van der Waals surface area contributed by atoms with Gasteiger partial charge in [-0.25, -0.2) is 0 Å². The fraction of sp³-hybridized carbons (Fsp3) is 0.500. The van der Waals surface area contributed by atoms with Gasteiger partial charge in [0.1, 0.15) is 11.6 Å². The second kappa shape index (κ2) is 4.44. The monoisotopic (exact) mass is 237 g/mol. The van der Waals surface area contributed by atoms with E-state index in [0.29, 0.717) is 18.2 Å². The molecule has 1 unspecified atom stereocenters. The van der Waals surface area contributed by atoms with Crippen LogP contribution in [0.1, 0.15) is 6.42 Å². The number of carbonyl (C=O) groups is 1. The summed E-state index contributed by atoms with van der Waals surface area (Å²) in [4.78, 5) is 21.2. The molecule has 1 aromatic rings. The average Bonchev–Trinajstić information content (AvgIpc) is 2.76. The molecule has 4 N–H and O–H groups in total. The Morgan fingerprint density at radius 3 is 2.94 bits per heavy atom. The summed E-state index contributed by atoms with van der Waals surface area (Å²) in [6, 6.07) is 1.65. The topological polar surface area (TPSA) is 107 Å². The smallest absolute Gasteiger partial charge is 0.310 e. The third-order valence-corrected chi connectivity index (χ3v) is 2.80. The molecule has 0 amide bonds. The Morgan fingerprint density at radius 2 is 2.29 bits per heavy atom. The Hall–Kier alpha value is -2.05. The molecule has 1 saturated heterocycles. The van der Waals surface area contributed by atoms with Crippen molar-refractivity contribution >= 4 is 23.6 Å². The molecular weight excluding hydrogens is 222 g/mol. The molecule has 1 aromatic heterocycles. The molecular formula is C10H15N5O2. The maximum atomic E-state index is 11.4. The fourth-order valence-electron chi connectivity index (χ4n) is 1.96. The van der Waals surface area contributed by atoms with Crippen LogP contribution in [0.5, 0.6) is 0 Å². The van der Waals surface area contributed by atoms with Gasteiger partial charge in [-0.15, -0.1) is 0 Å². The van der Waals surface area contributed by atoms with Crippen LogP contribution in [-0.4, -0.2) is 36.1 Å². The first-order valence-electron chi connectivity index (χ1n) is 5.33. The van der Waals surface area contributed by atoms with Crippen molar-refractivity contribution in [1.82, 2.24) is 9.97 Å². The van der Waals surface area contributed by atoms with Crippen molar-refractivity contribution in [2.45, 2.75) is 6.42 Å². The van der Waals surface area contributed by atoms with Gasteiger partial charge >= 0.3 is 5.97 Å². The molecule has 0 radical (unpaired) electrons. The van der Waals surface area contributed by atoms with Gasteiger partial charge in [0, 0.05) is 19.2 Å². The van der Waals surface area contributed by atoms with Crippen molar-refractivity contribution in [2.24, 2.45) is 5.92 Å². The molecule has 17 heavy (non-hydrogen) atoms. The van der Waals surface area contributed by atoms with Crippen LogP contribution in [0, 0.1) is 5.92 Å². The van der Waals surface area contributed by atoms with Gasteiger partial charge in [-0.2, -0.15) is 9.97 Å². The predicted molar refractivity (Wildman–Crippen MR) is 63.2 cm³/mol. The molecule has 0 bridgehead atoms. The molecule has 2 heterocycles. The lowest BCUT2D eigenvalue weighted by Gasteiger charge is -2.17. The largest absolute Gasteiger partial charge is 0.469 e. The van der Waals surface area contributed by atoms with Crippen LogP contribution in [0.25, 0.3) is 0 Å². The highest BCUT2D eigenvalue weighted by molar-refractivity contribution is 5.74. The number of nitrogen functional groups attached to an aromatic ring is 2. The molecule has 92 valence electrons. The first-order chi connectivity index (χ1) is 8.10. The third-order valence-electron chi connectivity index (χ3n) is 2.80. The number of hydrogen-bond acceptors (Lipinski definition) is 7. The van der Waals surface area contributed by atoms with E-state index in [2.05, 4.69) is 9.97 Å². The maximum Gasteiger partial charge on any atom is 0.310 e. The van der Waals surface area contributed by atoms with Crippen LogP contribution in [0.15, 0.2) is 6.07 Å². The van der Waals surface area contributed by atoms with E-state index in [1.165, 1.54) is 7.11 Å². The maximum absolute atomic E-state index is 11.4. The highest BCUT2D eigenvalue weighted by Gasteiger charge is 2.29. The van der Waals surface area contributed by atoms with E-state index in [9.17, 15) is 4.79 Å². The summed E-state index contributed by atoms with van der Waals surface area (Å²) < 4.78 is 4.72. The molecule has 2 rings (SSSR count). The fourth-order valence-corrected chi connectivity index (χ4v) is 1.96. The van der Waals surface area contributed by atoms with E-state index in [1.807, 2.05) is 4.90 Å². The number of anilines is 3. The lowest BCUT2D eigenvalue weighted by Crippen LogP contribution is -2.24. The Balaban J connectivity index is 2.12. The predicted octanol–water partition coefficient (Wildman–Crippen LogP) is -0.360. The quantitative estimate of drug-likeness (QED) is 0.676. The van der Waals surface area contributed by atoms with E-state index in [-0.39, 0.29) is 17.8 Å². The first kappa shape index (κ1) is 11.4. The number of hydrogen-bond donors (Lipinski definition) is 2. The molecule has 7 nitrogen and oxygen atoms in total. The summed E-state index contributed by atoms with van der Waals surface area (Å²) in [6.07, 6.45) is 0.747. The van der Waals surface area contributed by atoms with E-state index in [4.69, 9.17) is 16.2 Å². The number of aromatic nitrogens is 2. The second-order valence-electron chi connectivity index (χ2n) is 3.96. The van der Waals surface area contributed by atoms with Gasteiger partial charge in [0.15, 0.2) is 0 Å². The lowest BCUT2D eigenvalue weighted by molar-refractivity contribution is -0.144. The summed E-state index contributed by atoms with van der Waals surface area (Å²) in [6.45, 7) is 1.30. The number of nitrogens with zero attached hydrogens (tertiary/aromatic N) is 3. The number of esters is 1. The standard InChI is InChI=1S/C10H15N5O2/c1-17-9(16)6-2-3-15(5-6)8-4-7(11)13-10(12)14-8/h4,6H,2-3,5H2,1H3,(H4,11,12,13,14). The van der Waals surface area contributed by atoms with Crippen LogP contribution in [0.2, 0.25) is 0 Å². The van der Waals surface area contributed by atoms with Gasteiger partial charge in [-0.1, -0.05) is 0 Å². The minimum atomic E-state index is -0.192. The minimum absolute atomic E-state index is 0.114. The van der Waals surface area contributed by atoms with Crippen molar-refractivity contribution < 1.29 is 9.53 Å². The first-order valence-corrected chi connectivity index (χ1v) is 5.33. The Labute approximate surface area is 98.8 Å². The molecule has 0 aliphatic carbocycles. The van der Waals surface area contributed by atoms with Gasteiger partial charge in [-0.3, -0.25) is 4.79 Å². The Kier molecular flexibility index (Phi) is 2.99.